The molecule has 1 aromatic rings. The summed E-state index contributed by atoms with van der Waals surface area (Å²) >= 11 is 0. The number of hydrogen-bond donors (Lipinski definition) is 2. The van der Waals surface area contributed by atoms with Crippen LogP contribution in [-0.2, 0) is 18.2 Å². The van der Waals surface area contributed by atoms with Crippen LogP contribution in [0, 0.1) is 19.8 Å². The molecule has 0 amide bonds. The molecule has 0 bridgehead atoms. The van der Waals surface area contributed by atoms with E-state index in [0.29, 0.717) is 12.0 Å². The number of aliphatic imine (C=N–C) groups is 1. The zero-order valence-corrected chi connectivity index (χ0v) is 21.5. The third-order valence-electron chi connectivity index (χ3n) is 5.72. The molecule has 2 rings (SSSR count). The van der Waals surface area contributed by atoms with Gasteiger partial charge in [-0.15, -0.1) is 24.0 Å². The Balaban J connectivity index is 0.00000420. The van der Waals surface area contributed by atoms with Gasteiger partial charge in [0.05, 0.1) is 12.3 Å². The van der Waals surface area contributed by atoms with Gasteiger partial charge in [-0.05, 0) is 71.5 Å². The first-order valence-electron chi connectivity index (χ1n) is 10.7. The highest BCUT2D eigenvalue weighted by atomic mass is 127. The normalized spacial score (nSPS) is 17.1. The van der Waals surface area contributed by atoms with Crippen LogP contribution >= 0.6 is 24.0 Å². The molecule has 168 valence electrons. The van der Waals surface area contributed by atoms with Crippen molar-refractivity contribution in [1.29, 1.82) is 0 Å². The molecule has 29 heavy (non-hydrogen) atoms. The monoisotopic (exact) mass is 520 g/mol. The van der Waals surface area contributed by atoms with Gasteiger partial charge in [0.2, 0.25) is 0 Å². The van der Waals surface area contributed by atoms with Crippen LogP contribution in [0.5, 0.6) is 0 Å². The molecule has 1 fully saturated rings. The van der Waals surface area contributed by atoms with Crippen molar-refractivity contribution in [3.05, 3.63) is 17.0 Å². The summed E-state index contributed by atoms with van der Waals surface area (Å²) in [6.07, 6.45) is 3.39. The third kappa shape index (κ3) is 8.41. The second-order valence-corrected chi connectivity index (χ2v) is 8.02. The summed E-state index contributed by atoms with van der Waals surface area (Å²) in [4.78, 5) is 7.38. The fourth-order valence-corrected chi connectivity index (χ4v) is 3.86. The lowest BCUT2D eigenvalue weighted by atomic mass is 9.97. The largest absolute Gasteiger partial charge is 0.383 e. The summed E-state index contributed by atoms with van der Waals surface area (Å²) in [7, 11) is 3.78. The molecule has 8 heteroatoms. The van der Waals surface area contributed by atoms with E-state index in [0.717, 1.165) is 57.4 Å². The van der Waals surface area contributed by atoms with Crippen molar-refractivity contribution in [3.8, 4) is 0 Å². The Kier molecular flexibility index (Phi) is 12.1. The summed E-state index contributed by atoms with van der Waals surface area (Å²) < 4.78 is 7.16. The number of guanidine groups is 1. The lowest BCUT2D eigenvalue weighted by Gasteiger charge is -2.31. The van der Waals surface area contributed by atoms with E-state index in [1.807, 2.05) is 11.7 Å². The molecule has 1 aliphatic heterocycles. The highest BCUT2D eigenvalue weighted by Gasteiger charge is 2.19. The average molecular weight is 521 g/mol. The maximum Gasteiger partial charge on any atom is 0.191 e. The second-order valence-electron chi connectivity index (χ2n) is 8.02. The molecule has 0 spiro atoms. The Morgan fingerprint density at radius 1 is 1.31 bits per heavy atom. The molecule has 0 aliphatic carbocycles. The molecular formula is C21H41IN6O. The van der Waals surface area contributed by atoms with Gasteiger partial charge in [-0.1, -0.05) is 0 Å². The van der Waals surface area contributed by atoms with Crippen molar-refractivity contribution in [3.63, 3.8) is 0 Å². The number of likely N-dealkylation sites (tertiary alicyclic amines) is 1. The van der Waals surface area contributed by atoms with E-state index in [9.17, 15) is 0 Å². The minimum absolute atomic E-state index is 0. The molecular weight excluding hydrogens is 479 g/mol. The summed E-state index contributed by atoms with van der Waals surface area (Å²) in [6, 6.07) is 0.301. The first-order chi connectivity index (χ1) is 13.4. The first kappa shape index (κ1) is 26.2. The van der Waals surface area contributed by atoms with E-state index in [1.165, 1.54) is 24.1 Å². The van der Waals surface area contributed by atoms with Crippen LogP contribution in [-0.4, -0.2) is 73.1 Å². The number of methoxy groups -OCH3 is 1. The van der Waals surface area contributed by atoms with Crippen molar-refractivity contribution in [1.82, 2.24) is 25.3 Å². The van der Waals surface area contributed by atoms with Gasteiger partial charge in [-0.25, -0.2) is 0 Å². The van der Waals surface area contributed by atoms with Gasteiger partial charge in [0.25, 0.3) is 0 Å². The number of ether oxygens (including phenoxy) is 1. The molecule has 0 saturated carbocycles. The topological polar surface area (TPSA) is 66.7 Å². The van der Waals surface area contributed by atoms with Crippen molar-refractivity contribution in [2.45, 2.75) is 53.0 Å². The standard InChI is InChI=1S/C21H40N6O.HI/c1-7-22-21(23-15-19-8-10-27(11-9-19)12-13-28-6)24-16(2)14-20-17(3)25-26(5)18(20)4;/h16,19H,7-15H2,1-6H3,(H2,22,23,24);1H. The van der Waals surface area contributed by atoms with E-state index in [1.54, 1.807) is 7.11 Å². The van der Waals surface area contributed by atoms with Crippen LogP contribution in [0.15, 0.2) is 4.99 Å². The number of halogens is 1. The van der Waals surface area contributed by atoms with Crippen LogP contribution in [0.3, 0.4) is 0 Å². The summed E-state index contributed by atoms with van der Waals surface area (Å²) in [6.45, 7) is 14.5. The second kappa shape index (κ2) is 13.4. The number of piperidine rings is 1. The predicted octanol–water partition coefficient (Wildman–Crippen LogP) is 2.50. The van der Waals surface area contributed by atoms with E-state index >= 15 is 0 Å². The molecule has 2 N–H and O–H groups in total. The number of nitrogens with one attached hydrogen (secondary N) is 2. The van der Waals surface area contributed by atoms with Crippen LogP contribution in [0.25, 0.3) is 0 Å². The van der Waals surface area contributed by atoms with Gasteiger partial charge in [0.15, 0.2) is 5.96 Å². The molecule has 1 aliphatic rings. The Hall–Kier alpha value is -0.870. The molecule has 1 unspecified atom stereocenters. The van der Waals surface area contributed by atoms with Crippen LogP contribution < -0.4 is 10.6 Å². The number of aromatic nitrogens is 2. The SMILES string of the molecule is CCNC(=NCC1CCN(CCOC)CC1)NC(C)Cc1c(C)nn(C)c1C.I. The molecule has 7 nitrogen and oxygen atoms in total. The van der Waals surface area contributed by atoms with Crippen LogP contribution in [0.2, 0.25) is 0 Å². The fraction of sp³-hybridized carbons (Fsp3) is 0.810. The molecule has 1 saturated heterocycles. The Morgan fingerprint density at radius 2 is 2.00 bits per heavy atom. The van der Waals surface area contributed by atoms with Gasteiger partial charge in [0, 0.05) is 45.5 Å². The van der Waals surface area contributed by atoms with E-state index in [-0.39, 0.29) is 24.0 Å². The zero-order valence-electron chi connectivity index (χ0n) is 19.1. The van der Waals surface area contributed by atoms with Gasteiger partial charge in [-0.3, -0.25) is 9.67 Å². The number of nitrogens with zero attached hydrogens (tertiary/aromatic N) is 4. The minimum Gasteiger partial charge on any atom is -0.383 e. The van der Waals surface area contributed by atoms with Crippen molar-refractivity contribution in [2.75, 3.05) is 46.4 Å². The molecule has 1 aromatic heterocycles. The van der Waals surface area contributed by atoms with Gasteiger partial charge >= 0.3 is 0 Å². The van der Waals surface area contributed by atoms with E-state index in [2.05, 4.69) is 48.3 Å². The Bertz CT molecular complexity index is 625. The maximum atomic E-state index is 5.19. The molecule has 0 radical (unpaired) electrons. The van der Waals surface area contributed by atoms with Crippen molar-refractivity contribution in [2.24, 2.45) is 18.0 Å². The number of aryl methyl sites for hydroxylation is 2. The van der Waals surface area contributed by atoms with Crippen LogP contribution in [0.4, 0.5) is 0 Å². The molecule has 1 atom stereocenters. The Labute approximate surface area is 194 Å². The highest BCUT2D eigenvalue weighted by molar-refractivity contribution is 14.0. The smallest absolute Gasteiger partial charge is 0.191 e. The van der Waals surface area contributed by atoms with Crippen LogP contribution in [0.1, 0.15) is 43.6 Å². The van der Waals surface area contributed by atoms with Gasteiger partial charge < -0.3 is 20.3 Å². The molecule has 2 heterocycles. The number of hydrogen-bond acceptors (Lipinski definition) is 4. The zero-order chi connectivity index (χ0) is 20.5. The summed E-state index contributed by atoms with van der Waals surface area (Å²) in [5.74, 6) is 1.60. The van der Waals surface area contributed by atoms with Crippen molar-refractivity contribution >= 4 is 29.9 Å². The maximum absolute atomic E-state index is 5.19. The predicted molar refractivity (Wildman–Crippen MR) is 131 cm³/mol. The fourth-order valence-electron chi connectivity index (χ4n) is 3.86. The summed E-state index contributed by atoms with van der Waals surface area (Å²) in [5, 5.41) is 11.5. The lowest BCUT2D eigenvalue weighted by molar-refractivity contribution is 0.121. The Morgan fingerprint density at radius 3 is 2.55 bits per heavy atom. The van der Waals surface area contributed by atoms with E-state index < -0.39 is 0 Å². The molecule has 0 aromatic carbocycles. The number of rotatable bonds is 9. The van der Waals surface area contributed by atoms with Crippen molar-refractivity contribution < 1.29 is 4.74 Å². The van der Waals surface area contributed by atoms with Gasteiger partial charge in [-0.2, -0.15) is 5.10 Å². The minimum atomic E-state index is 0. The average Bonchev–Trinajstić information content (AvgIpc) is 2.91. The first-order valence-corrected chi connectivity index (χ1v) is 10.7. The van der Waals surface area contributed by atoms with Gasteiger partial charge in [0.1, 0.15) is 0 Å². The highest BCUT2D eigenvalue weighted by Crippen LogP contribution is 2.17. The lowest BCUT2D eigenvalue weighted by Crippen LogP contribution is -2.43. The van der Waals surface area contributed by atoms with E-state index in [4.69, 9.17) is 9.73 Å². The third-order valence-corrected chi connectivity index (χ3v) is 5.72. The quantitative estimate of drug-likeness (QED) is 0.298. The summed E-state index contributed by atoms with van der Waals surface area (Å²) in [5.41, 5.74) is 3.70.